The van der Waals surface area contributed by atoms with Crippen LogP contribution in [-0.2, 0) is 9.47 Å². The zero-order valence-corrected chi connectivity index (χ0v) is 11.5. The molecule has 2 unspecified atom stereocenters. The number of hydrogen-bond acceptors (Lipinski definition) is 3. The highest BCUT2D eigenvalue weighted by Crippen LogP contribution is 2.49. The summed E-state index contributed by atoms with van der Waals surface area (Å²) >= 11 is 0. The number of rotatable bonds is 5. The molecule has 3 heteroatoms. The topological polar surface area (TPSA) is 44.5 Å². The van der Waals surface area contributed by atoms with Gasteiger partial charge in [0.25, 0.3) is 0 Å². The molecule has 0 aromatic rings. The molecule has 2 aliphatic rings. The Morgan fingerprint density at radius 3 is 2.59 bits per heavy atom. The molecule has 1 aliphatic heterocycles. The van der Waals surface area contributed by atoms with Crippen molar-refractivity contribution in [1.82, 2.24) is 0 Å². The van der Waals surface area contributed by atoms with Gasteiger partial charge in [-0.2, -0.15) is 0 Å². The smallest absolute Gasteiger partial charge is 0.0673 e. The second kappa shape index (κ2) is 4.87. The molecular weight excluding hydrogens is 214 g/mol. The van der Waals surface area contributed by atoms with Crippen molar-refractivity contribution in [1.29, 1.82) is 0 Å². The van der Waals surface area contributed by atoms with E-state index in [1.807, 2.05) is 0 Å². The molecule has 1 saturated heterocycles. The summed E-state index contributed by atoms with van der Waals surface area (Å²) in [7, 11) is 0. The highest BCUT2D eigenvalue weighted by molar-refractivity contribution is 5.00. The highest BCUT2D eigenvalue weighted by atomic mass is 16.5. The summed E-state index contributed by atoms with van der Waals surface area (Å²) in [5.41, 5.74) is 6.17. The quantitative estimate of drug-likeness (QED) is 0.803. The van der Waals surface area contributed by atoms with Crippen LogP contribution in [0.25, 0.3) is 0 Å². The second-order valence-corrected chi connectivity index (χ2v) is 6.66. The van der Waals surface area contributed by atoms with Crippen LogP contribution in [-0.4, -0.2) is 31.5 Å². The van der Waals surface area contributed by atoms with Crippen molar-refractivity contribution < 1.29 is 9.47 Å². The van der Waals surface area contributed by atoms with Crippen molar-refractivity contribution in [3.63, 3.8) is 0 Å². The van der Waals surface area contributed by atoms with Gasteiger partial charge in [-0.05, 0) is 52.4 Å². The SMILES string of the molecule is CC(C)(C)OCCC1(CN)CCOC1C1CC1. The largest absolute Gasteiger partial charge is 0.377 e. The van der Waals surface area contributed by atoms with Gasteiger partial charge in [0, 0.05) is 25.2 Å². The molecule has 2 atom stereocenters. The fourth-order valence-electron chi connectivity index (χ4n) is 2.89. The molecule has 0 amide bonds. The molecule has 2 N–H and O–H groups in total. The van der Waals surface area contributed by atoms with Crippen LogP contribution in [0.15, 0.2) is 0 Å². The molecule has 0 aromatic carbocycles. The monoisotopic (exact) mass is 241 g/mol. The molecule has 2 fully saturated rings. The van der Waals surface area contributed by atoms with Crippen molar-refractivity contribution in [2.24, 2.45) is 17.1 Å². The minimum Gasteiger partial charge on any atom is -0.377 e. The molecule has 100 valence electrons. The zero-order valence-electron chi connectivity index (χ0n) is 11.5. The van der Waals surface area contributed by atoms with Gasteiger partial charge in [0.05, 0.1) is 11.7 Å². The van der Waals surface area contributed by atoms with Gasteiger partial charge in [0.1, 0.15) is 0 Å². The van der Waals surface area contributed by atoms with Gasteiger partial charge in [-0.3, -0.25) is 0 Å². The van der Waals surface area contributed by atoms with Crippen molar-refractivity contribution in [2.45, 2.75) is 58.2 Å². The molecule has 0 bridgehead atoms. The molecule has 3 nitrogen and oxygen atoms in total. The molecule has 17 heavy (non-hydrogen) atoms. The van der Waals surface area contributed by atoms with E-state index in [0.717, 1.165) is 38.5 Å². The molecule has 0 radical (unpaired) electrons. The van der Waals surface area contributed by atoms with Crippen LogP contribution in [0, 0.1) is 11.3 Å². The summed E-state index contributed by atoms with van der Waals surface area (Å²) in [6.45, 7) is 8.73. The third-order valence-corrected chi connectivity index (χ3v) is 4.09. The van der Waals surface area contributed by atoms with Crippen LogP contribution < -0.4 is 5.73 Å². The maximum Gasteiger partial charge on any atom is 0.0673 e. The average molecular weight is 241 g/mol. The predicted octanol–water partition coefficient (Wildman–Crippen LogP) is 2.34. The van der Waals surface area contributed by atoms with E-state index in [4.69, 9.17) is 15.2 Å². The lowest BCUT2D eigenvalue weighted by atomic mass is 9.76. The first-order chi connectivity index (χ1) is 7.97. The minimum atomic E-state index is -0.0513. The second-order valence-electron chi connectivity index (χ2n) is 6.66. The van der Waals surface area contributed by atoms with Gasteiger partial charge < -0.3 is 15.2 Å². The summed E-state index contributed by atoms with van der Waals surface area (Å²) in [5, 5.41) is 0. The molecule has 1 heterocycles. The molecule has 1 aliphatic carbocycles. The first kappa shape index (κ1) is 13.3. The lowest BCUT2D eigenvalue weighted by Gasteiger charge is -2.34. The number of ether oxygens (including phenoxy) is 2. The number of hydrogen-bond donors (Lipinski definition) is 1. The maximum absolute atomic E-state index is 6.04. The standard InChI is InChI=1S/C14H27NO2/c1-13(2,3)17-9-7-14(10-15)6-8-16-12(14)11-4-5-11/h11-12H,4-10,15H2,1-3H3. The van der Waals surface area contributed by atoms with Gasteiger partial charge in [-0.15, -0.1) is 0 Å². The van der Waals surface area contributed by atoms with Crippen LogP contribution in [0.5, 0.6) is 0 Å². The molecule has 1 saturated carbocycles. The Labute approximate surface area is 105 Å². The lowest BCUT2D eigenvalue weighted by Crippen LogP contribution is -2.41. The summed E-state index contributed by atoms with van der Waals surface area (Å²) in [6, 6.07) is 0. The van der Waals surface area contributed by atoms with Gasteiger partial charge in [-0.25, -0.2) is 0 Å². The first-order valence-electron chi connectivity index (χ1n) is 6.92. The van der Waals surface area contributed by atoms with Crippen LogP contribution in [0.1, 0.15) is 46.5 Å². The zero-order chi connectivity index (χ0) is 12.5. The van der Waals surface area contributed by atoms with Gasteiger partial charge in [0.15, 0.2) is 0 Å². The Morgan fingerprint density at radius 2 is 2.06 bits per heavy atom. The van der Waals surface area contributed by atoms with E-state index in [1.54, 1.807) is 0 Å². The molecule has 2 rings (SSSR count). The molecular formula is C14H27NO2. The van der Waals surface area contributed by atoms with Crippen molar-refractivity contribution in [2.75, 3.05) is 19.8 Å². The fourth-order valence-corrected chi connectivity index (χ4v) is 2.89. The lowest BCUT2D eigenvalue weighted by molar-refractivity contribution is -0.0348. The van der Waals surface area contributed by atoms with Crippen molar-refractivity contribution >= 4 is 0 Å². The molecule has 0 spiro atoms. The summed E-state index contributed by atoms with van der Waals surface area (Å²) in [4.78, 5) is 0. The Kier molecular flexibility index (Phi) is 3.81. The summed E-state index contributed by atoms with van der Waals surface area (Å²) < 4.78 is 11.8. The fraction of sp³-hybridized carbons (Fsp3) is 1.00. The summed E-state index contributed by atoms with van der Waals surface area (Å²) in [6.07, 6.45) is 5.20. The third kappa shape index (κ3) is 3.21. The Hall–Kier alpha value is -0.120. The van der Waals surface area contributed by atoms with E-state index in [-0.39, 0.29) is 11.0 Å². The van der Waals surface area contributed by atoms with Crippen LogP contribution in [0.3, 0.4) is 0 Å². The van der Waals surface area contributed by atoms with E-state index in [2.05, 4.69) is 20.8 Å². The Bertz CT molecular complexity index is 257. The van der Waals surface area contributed by atoms with E-state index in [1.165, 1.54) is 12.8 Å². The normalized spacial score (nSPS) is 34.2. The van der Waals surface area contributed by atoms with Crippen LogP contribution in [0.2, 0.25) is 0 Å². The first-order valence-corrected chi connectivity index (χ1v) is 6.92. The maximum atomic E-state index is 6.04. The van der Waals surface area contributed by atoms with E-state index in [9.17, 15) is 0 Å². The Morgan fingerprint density at radius 1 is 1.35 bits per heavy atom. The Balaban J connectivity index is 1.89. The van der Waals surface area contributed by atoms with Gasteiger partial charge >= 0.3 is 0 Å². The van der Waals surface area contributed by atoms with Gasteiger partial charge in [-0.1, -0.05) is 0 Å². The average Bonchev–Trinajstić information content (AvgIpc) is 2.99. The van der Waals surface area contributed by atoms with E-state index < -0.39 is 0 Å². The van der Waals surface area contributed by atoms with Gasteiger partial charge in [0.2, 0.25) is 0 Å². The number of nitrogens with two attached hydrogens (primary N) is 1. The third-order valence-electron chi connectivity index (χ3n) is 4.09. The van der Waals surface area contributed by atoms with E-state index >= 15 is 0 Å². The minimum absolute atomic E-state index is 0.0513. The van der Waals surface area contributed by atoms with Crippen molar-refractivity contribution in [3.05, 3.63) is 0 Å². The van der Waals surface area contributed by atoms with Crippen LogP contribution >= 0.6 is 0 Å². The van der Waals surface area contributed by atoms with Crippen LogP contribution in [0.4, 0.5) is 0 Å². The highest BCUT2D eigenvalue weighted by Gasteiger charge is 2.49. The van der Waals surface area contributed by atoms with Crippen molar-refractivity contribution in [3.8, 4) is 0 Å². The summed E-state index contributed by atoms with van der Waals surface area (Å²) in [5.74, 6) is 0.774. The van der Waals surface area contributed by atoms with E-state index in [0.29, 0.717) is 6.10 Å². The predicted molar refractivity (Wildman–Crippen MR) is 68.9 cm³/mol. The molecule has 0 aromatic heterocycles.